The van der Waals surface area contributed by atoms with Gasteiger partial charge in [0.05, 0.1) is 17.8 Å². The van der Waals surface area contributed by atoms with Gasteiger partial charge in [0.1, 0.15) is 6.17 Å². The molecule has 1 unspecified atom stereocenters. The van der Waals surface area contributed by atoms with Crippen molar-refractivity contribution in [3.63, 3.8) is 0 Å². The Labute approximate surface area is 143 Å². The first-order valence-electron chi connectivity index (χ1n) is 9.20. The zero-order valence-electron chi connectivity index (χ0n) is 14.1. The maximum Gasteiger partial charge on any atom is 0.257 e. The lowest BCUT2D eigenvalue weighted by atomic mass is 9.98. The molecule has 0 spiro atoms. The average Bonchev–Trinajstić information content (AvgIpc) is 2.63. The third-order valence-corrected chi connectivity index (χ3v) is 5.50. The smallest absolute Gasteiger partial charge is 0.257 e. The van der Waals surface area contributed by atoms with Crippen LogP contribution >= 0.6 is 0 Å². The van der Waals surface area contributed by atoms with Crippen molar-refractivity contribution in [3.05, 3.63) is 29.8 Å². The van der Waals surface area contributed by atoms with Crippen molar-refractivity contribution in [3.8, 4) is 0 Å². The first-order chi connectivity index (χ1) is 11.8. The zero-order valence-corrected chi connectivity index (χ0v) is 14.1. The van der Waals surface area contributed by atoms with E-state index >= 15 is 0 Å². The molecule has 1 aromatic carbocycles. The minimum Gasteiger partial charge on any atom is -0.318 e. The molecule has 128 valence electrons. The standard InChI is InChI=1S/C19H25N3O2/c23-18(14-20-11-5-1-6-12-20)22-16-9-3-2-8-15(16)19(24)21-13-7-4-10-17(21)22/h2-3,8-9,17H,1,4-7,10-14H2. The fourth-order valence-corrected chi connectivity index (χ4v) is 4.28. The van der Waals surface area contributed by atoms with Crippen LogP contribution in [0.15, 0.2) is 24.3 Å². The lowest BCUT2D eigenvalue weighted by molar-refractivity contribution is -0.121. The summed E-state index contributed by atoms with van der Waals surface area (Å²) in [6.07, 6.45) is 6.50. The van der Waals surface area contributed by atoms with Crippen molar-refractivity contribution in [1.29, 1.82) is 0 Å². The van der Waals surface area contributed by atoms with Gasteiger partial charge in [0.25, 0.3) is 5.91 Å². The van der Waals surface area contributed by atoms with Crippen molar-refractivity contribution in [2.75, 3.05) is 31.1 Å². The molecule has 0 saturated carbocycles. The zero-order chi connectivity index (χ0) is 16.5. The van der Waals surface area contributed by atoms with Crippen LogP contribution in [0.4, 0.5) is 5.69 Å². The van der Waals surface area contributed by atoms with Gasteiger partial charge in [0.15, 0.2) is 0 Å². The maximum absolute atomic E-state index is 13.1. The average molecular weight is 327 g/mol. The first-order valence-corrected chi connectivity index (χ1v) is 9.20. The molecule has 0 bridgehead atoms. The number of anilines is 1. The summed E-state index contributed by atoms with van der Waals surface area (Å²) in [4.78, 5) is 32.0. The van der Waals surface area contributed by atoms with Gasteiger partial charge in [0, 0.05) is 6.54 Å². The molecule has 3 aliphatic heterocycles. The summed E-state index contributed by atoms with van der Waals surface area (Å²) in [5.41, 5.74) is 1.47. The predicted octanol–water partition coefficient (Wildman–Crippen LogP) is 2.47. The minimum absolute atomic E-state index is 0.0809. The van der Waals surface area contributed by atoms with Crippen molar-refractivity contribution in [1.82, 2.24) is 9.80 Å². The number of carbonyl (C=O) groups excluding carboxylic acids is 2. The van der Waals surface area contributed by atoms with Gasteiger partial charge < -0.3 is 4.90 Å². The van der Waals surface area contributed by atoms with E-state index in [4.69, 9.17) is 0 Å². The second-order valence-corrected chi connectivity index (χ2v) is 7.09. The molecule has 3 aliphatic rings. The topological polar surface area (TPSA) is 43.9 Å². The normalized spacial score (nSPS) is 24.5. The second kappa shape index (κ2) is 6.55. The molecule has 5 heteroatoms. The van der Waals surface area contributed by atoms with Crippen molar-refractivity contribution >= 4 is 17.5 Å². The Hall–Kier alpha value is -1.88. The van der Waals surface area contributed by atoms with Crippen molar-refractivity contribution in [2.45, 2.75) is 44.7 Å². The highest BCUT2D eigenvalue weighted by Crippen LogP contribution is 2.35. The molecule has 4 rings (SSSR count). The van der Waals surface area contributed by atoms with Crippen molar-refractivity contribution < 1.29 is 9.59 Å². The molecule has 0 aliphatic carbocycles. The summed E-state index contributed by atoms with van der Waals surface area (Å²) >= 11 is 0. The highest BCUT2D eigenvalue weighted by molar-refractivity contribution is 6.08. The van der Waals surface area contributed by atoms with E-state index in [0.29, 0.717) is 12.1 Å². The lowest BCUT2D eigenvalue weighted by Crippen LogP contribution is -2.60. The van der Waals surface area contributed by atoms with Gasteiger partial charge in [-0.25, -0.2) is 0 Å². The predicted molar refractivity (Wildman–Crippen MR) is 92.9 cm³/mol. The Morgan fingerprint density at radius 2 is 1.75 bits per heavy atom. The number of amides is 2. The van der Waals surface area contributed by atoms with Gasteiger partial charge in [-0.2, -0.15) is 0 Å². The number of piperidine rings is 2. The Kier molecular flexibility index (Phi) is 4.27. The van der Waals surface area contributed by atoms with E-state index in [0.717, 1.165) is 44.6 Å². The van der Waals surface area contributed by atoms with Crippen LogP contribution in [0, 0.1) is 0 Å². The van der Waals surface area contributed by atoms with E-state index in [1.54, 1.807) is 0 Å². The van der Waals surface area contributed by atoms with Gasteiger partial charge in [-0.3, -0.25) is 19.4 Å². The number of hydrogen-bond donors (Lipinski definition) is 0. The number of fused-ring (bicyclic) bond motifs is 2. The highest BCUT2D eigenvalue weighted by atomic mass is 16.2. The van der Waals surface area contributed by atoms with Crippen molar-refractivity contribution in [2.24, 2.45) is 0 Å². The number of rotatable bonds is 2. The SMILES string of the molecule is O=C1c2ccccc2N(C(=O)CN2CCCCC2)C2CCCCN12. The molecule has 0 aromatic heterocycles. The largest absolute Gasteiger partial charge is 0.318 e. The van der Waals surface area contributed by atoms with Crippen LogP contribution in [-0.2, 0) is 4.79 Å². The summed E-state index contributed by atoms with van der Waals surface area (Å²) in [6.45, 7) is 3.24. The molecule has 0 N–H and O–H groups in total. The first kappa shape index (κ1) is 15.6. The molecule has 0 radical (unpaired) electrons. The summed E-state index contributed by atoms with van der Waals surface area (Å²) in [5, 5.41) is 0. The Balaban J connectivity index is 1.64. The third kappa shape index (κ3) is 2.71. The molecule has 3 heterocycles. The number of hydrogen-bond acceptors (Lipinski definition) is 3. The van der Waals surface area contributed by atoms with E-state index < -0.39 is 0 Å². The molecule has 2 fully saturated rings. The lowest BCUT2D eigenvalue weighted by Gasteiger charge is -2.47. The Morgan fingerprint density at radius 1 is 1.00 bits per heavy atom. The van der Waals surface area contributed by atoms with Crippen LogP contribution in [0.2, 0.25) is 0 Å². The van der Waals surface area contributed by atoms with E-state index in [-0.39, 0.29) is 18.0 Å². The number of carbonyl (C=O) groups is 2. The molecule has 1 aromatic rings. The fourth-order valence-electron chi connectivity index (χ4n) is 4.28. The van der Waals surface area contributed by atoms with Gasteiger partial charge in [-0.1, -0.05) is 18.6 Å². The number of likely N-dealkylation sites (tertiary alicyclic amines) is 1. The number of para-hydroxylation sites is 1. The van der Waals surface area contributed by atoms with Gasteiger partial charge in [-0.05, 0) is 57.3 Å². The van der Waals surface area contributed by atoms with E-state index in [1.807, 2.05) is 34.1 Å². The van der Waals surface area contributed by atoms with Gasteiger partial charge >= 0.3 is 0 Å². The van der Waals surface area contributed by atoms with Gasteiger partial charge in [0.2, 0.25) is 5.91 Å². The molecule has 24 heavy (non-hydrogen) atoms. The third-order valence-electron chi connectivity index (χ3n) is 5.50. The molecular weight excluding hydrogens is 302 g/mol. The van der Waals surface area contributed by atoms with Crippen LogP contribution < -0.4 is 4.90 Å². The van der Waals surface area contributed by atoms with Crippen LogP contribution in [0.1, 0.15) is 48.9 Å². The summed E-state index contributed by atoms with van der Waals surface area (Å²) < 4.78 is 0. The fraction of sp³-hybridized carbons (Fsp3) is 0.579. The van der Waals surface area contributed by atoms with Gasteiger partial charge in [-0.15, -0.1) is 0 Å². The van der Waals surface area contributed by atoms with E-state index in [1.165, 1.54) is 19.3 Å². The second-order valence-electron chi connectivity index (χ2n) is 7.09. The molecule has 1 atom stereocenters. The Bertz CT molecular complexity index is 639. The molecular formula is C19H25N3O2. The van der Waals surface area contributed by atoms with Crippen LogP contribution in [0.3, 0.4) is 0 Å². The van der Waals surface area contributed by atoms with E-state index in [2.05, 4.69) is 4.90 Å². The minimum atomic E-state index is -0.0987. The Morgan fingerprint density at radius 3 is 2.58 bits per heavy atom. The summed E-state index contributed by atoms with van der Waals surface area (Å²) in [5.74, 6) is 0.214. The number of benzene rings is 1. The van der Waals surface area contributed by atoms with Crippen LogP contribution in [0.5, 0.6) is 0 Å². The monoisotopic (exact) mass is 327 g/mol. The van der Waals surface area contributed by atoms with E-state index in [9.17, 15) is 9.59 Å². The quantitative estimate of drug-likeness (QED) is 0.838. The molecule has 2 amide bonds. The highest BCUT2D eigenvalue weighted by Gasteiger charge is 2.41. The number of nitrogens with zero attached hydrogens (tertiary/aromatic N) is 3. The summed E-state index contributed by atoms with van der Waals surface area (Å²) in [7, 11) is 0. The molecule has 2 saturated heterocycles. The van der Waals surface area contributed by atoms with Crippen LogP contribution in [-0.4, -0.2) is 54.0 Å². The summed E-state index contributed by atoms with van der Waals surface area (Å²) in [6, 6.07) is 7.58. The maximum atomic E-state index is 13.1. The van der Waals surface area contributed by atoms with Crippen LogP contribution in [0.25, 0.3) is 0 Å². The molecule has 5 nitrogen and oxygen atoms in total.